The van der Waals surface area contributed by atoms with Gasteiger partial charge in [0.15, 0.2) is 0 Å². The molecule has 2 aromatic rings. The number of nitro groups is 1. The van der Waals surface area contributed by atoms with Gasteiger partial charge in [0.1, 0.15) is 0 Å². The van der Waals surface area contributed by atoms with E-state index in [0.717, 1.165) is 11.1 Å². The average Bonchev–Trinajstić information content (AvgIpc) is 2.71. The minimum absolute atomic E-state index is 0.109. The van der Waals surface area contributed by atoms with Crippen LogP contribution in [0.4, 0.5) is 5.69 Å². The number of rotatable bonds is 3. The number of nitrogens with two attached hydrogens (primary N) is 1. The van der Waals surface area contributed by atoms with Crippen LogP contribution in [0.1, 0.15) is 18.4 Å². The molecule has 0 radical (unpaired) electrons. The molecule has 0 spiro atoms. The molecule has 2 rings (SSSR count). The van der Waals surface area contributed by atoms with E-state index in [1.165, 1.54) is 6.20 Å². The van der Waals surface area contributed by atoms with Crippen LogP contribution in [0.15, 0.2) is 24.4 Å². The first-order valence-electron chi connectivity index (χ1n) is 5.09. The molecule has 0 aliphatic heterocycles. The molecule has 0 aliphatic carbocycles. The van der Waals surface area contributed by atoms with Crippen molar-refractivity contribution in [2.75, 3.05) is 6.54 Å². The number of hydrogen-bond acceptors (Lipinski definition) is 3. The smallest absolute Gasteiger partial charge is 0.294 e. The summed E-state index contributed by atoms with van der Waals surface area (Å²) in [6, 6.07) is 5.60. The van der Waals surface area contributed by atoms with Crippen LogP contribution in [0.5, 0.6) is 0 Å². The van der Waals surface area contributed by atoms with Crippen molar-refractivity contribution in [1.29, 1.82) is 0 Å². The number of nitrogens with one attached hydrogen (secondary N) is 1. The van der Waals surface area contributed by atoms with Crippen LogP contribution in [0.2, 0.25) is 0 Å². The molecule has 1 atom stereocenters. The molecule has 1 heterocycles. The van der Waals surface area contributed by atoms with Crippen LogP contribution in [0, 0.1) is 10.1 Å². The van der Waals surface area contributed by atoms with E-state index >= 15 is 0 Å². The summed E-state index contributed by atoms with van der Waals surface area (Å²) in [6.45, 7) is 2.44. The topological polar surface area (TPSA) is 85.0 Å². The van der Waals surface area contributed by atoms with E-state index in [0.29, 0.717) is 11.9 Å². The minimum Gasteiger partial charge on any atom is -0.355 e. The molecule has 0 saturated carbocycles. The molecule has 3 N–H and O–H groups in total. The van der Waals surface area contributed by atoms with Crippen molar-refractivity contribution in [2.45, 2.75) is 12.8 Å². The van der Waals surface area contributed by atoms with Gasteiger partial charge in [-0.1, -0.05) is 19.1 Å². The van der Waals surface area contributed by atoms with E-state index in [-0.39, 0.29) is 16.5 Å². The first-order chi connectivity index (χ1) is 7.65. The summed E-state index contributed by atoms with van der Waals surface area (Å²) in [5, 5.41) is 11.6. The Morgan fingerprint density at radius 2 is 2.31 bits per heavy atom. The van der Waals surface area contributed by atoms with Gasteiger partial charge in [0.2, 0.25) is 0 Å². The molecule has 0 bridgehead atoms. The van der Waals surface area contributed by atoms with Crippen molar-refractivity contribution in [3.05, 3.63) is 40.1 Å². The summed E-state index contributed by atoms with van der Waals surface area (Å²) in [5.74, 6) is 0.109. The molecular weight excluding hydrogens is 206 g/mol. The fraction of sp³-hybridized carbons (Fsp3) is 0.273. The zero-order valence-electron chi connectivity index (χ0n) is 8.93. The number of H-pyrrole nitrogens is 1. The largest absolute Gasteiger partial charge is 0.355 e. The quantitative estimate of drug-likeness (QED) is 0.612. The molecule has 5 nitrogen and oxygen atoms in total. The van der Waals surface area contributed by atoms with Crippen LogP contribution >= 0.6 is 0 Å². The number of benzene rings is 1. The Morgan fingerprint density at radius 1 is 1.56 bits per heavy atom. The predicted octanol–water partition coefficient (Wildman–Crippen LogP) is 2.14. The zero-order valence-corrected chi connectivity index (χ0v) is 8.93. The first kappa shape index (κ1) is 10.6. The highest BCUT2D eigenvalue weighted by Gasteiger charge is 2.19. The Balaban J connectivity index is 2.73. The molecule has 16 heavy (non-hydrogen) atoms. The van der Waals surface area contributed by atoms with Crippen molar-refractivity contribution in [3.8, 4) is 0 Å². The highest BCUT2D eigenvalue weighted by Crippen LogP contribution is 2.32. The van der Waals surface area contributed by atoms with Crippen molar-refractivity contribution in [2.24, 2.45) is 5.73 Å². The number of aromatic amines is 1. The molecule has 0 amide bonds. The lowest BCUT2D eigenvalue weighted by Gasteiger charge is -2.09. The van der Waals surface area contributed by atoms with Gasteiger partial charge in [-0.05, 0) is 24.1 Å². The first-order valence-corrected chi connectivity index (χ1v) is 5.09. The lowest BCUT2D eigenvalue weighted by atomic mass is 9.97. The Hall–Kier alpha value is -1.88. The summed E-state index contributed by atoms with van der Waals surface area (Å²) >= 11 is 0. The molecule has 84 valence electrons. The molecule has 1 unspecified atom stereocenters. The van der Waals surface area contributed by atoms with Gasteiger partial charge in [0.05, 0.1) is 22.0 Å². The molecule has 0 fully saturated rings. The van der Waals surface area contributed by atoms with Gasteiger partial charge in [-0.3, -0.25) is 10.1 Å². The Morgan fingerprint density at radius 3 is 2.94 bits per heavy atom. The Bertz CT molecular complexity index is 533. The van der Waals surface area contributed by atoms with E-state index < -0.39 is 0 Å². The molecule has 1 aromatic heterocycles. The summed E-state index contributed by atoms with van der Waals surface area (Å²) in [5.41, 5.74) is 7.43. The minimum atomic E-state index is -0.369. The van der Waals surface area contributed by atoms with Crippen LogP contribution in [0.25, 0.3) is 10.9 Å². The number of fused-ring (bicyclic) bond motifs is 1. The number of nitrogens with zero attached hydrogens (tertiary/aromatic N) is 1. The molecular formula is C11H13N3O2. The van der Waals surface area contributed by atoms with E-state index in [4.69, 9.17) is 5.73 Å². The van der Waals surface area contributed by atoms with Crippen LogP contribution in [-0.2, 0) is 0 Å². The maximum absolute atomic E-state index is 10.9. The van der Waals surface area contributed by atoms with E-state index in [9.17, 15) is 10.1 Å². The van der Waals surface area contributed by atoms with E-state index in [2.05, 4.69) is 4.98 Å². The van der Waals surface area contributed by atoms with Crippen molar-refractivity contribution in [3.63, 3.8) is 0 Å². The molecule has 0 aliphatic rings. The summed E-state index contributed by atoms with van der Waals surface area (Å²) in [7, 11) is 0. The second-order valence-corrected chi connectivity index (χ2v) is 3.84. The van der Waals surface area contributed by atoms with Gasteiger partial charge in [-0.2, -0.15) is 0 Å². The lowest BCUT2D eigenvalue weighted by molar-refractivity contribution is -0.383. The lowest BCUT2D eigenvalue weighted by Crippen LogP contribution is -2.09. The third kappa shape index (κ3) is 1.55. The summed E-state index contributed by atoms with van der Waals surface area (Å²) < 4.78 is 0. The number of aromatic nitrogens is 1. The maximum atomic E-state index is 10.9. The van der Waals surface area contributed by atoms with Crippen LogP contribution < -0.4 is 5.73 Å². The standard InChI is InChI=1S/C11H13N3O2/c1-7(5-12)8-3-2-4-9-11(8)10(6-13-9)14(15)16/h2-4,6-7,13H,5,12H2,1H3. The fourth-order valence-corrected chi connectivity index (χ4v) is 1.88. The normalized spacial score (nSPS) is 12.9. The van der Waals surface area contributed by atoms with Crippen LogP contribution in [0.3, 0.4) is 0 Å². The SMILES string of the molecule is CC(CN)c1cccc2[nH]cc([N+](=O)[O-])c12. The van der Waals surface area contributed by atoms with Gasteiger partial charge in [-0.15, -0.1) is 0 Å². The highest BCUT2D eigenvalue weighted by molar-refractivity contribution is 5.92. The van der Waals surface area contributed by atoms with Gasteiger partial charge in [0.25, 0.3) is 5.69 Å². The molecule has 0 saturated heterocycles. The predicted molar refractivity (Wildman–Crippen MR) is 62.4 cm³/mol. The second kappa shape index (κ2) is 3.94. The Kier molecular flexibility index (Phi) is 2.62. The van der Waals surface area contributed by atoms with E-state index in [1.807, 2.05) is 25.1 Å². The van der Waals surface area contributed by atoms with Crippen molar-refractivity contribution in [1.82, 2.24) is 4.98 Å². The zero-order chi connectivity index (χ0) is 11.7. The summed E-state index contributed by atoms with van der Waals surface area (Å²) in [4.78, 5) is 13.4. The van der Waals surface area contributed by atoms with E-state index in [1.54, 1.807) is 0 Å². The fourth-order valence-electron chi connectivity index (χ4n) is 1.88. The van der Waals surface area contributed by atoms with Crippen LogP contribution in [-0.4, -0.2) is 16.5 Å². The maximum Gasteiger partial charge on any atom is 0.294 e. The van der Waals surface area contributed by atoms with Gasteiger partial charge in [-0.25, -0.2) is 0 Å². The third-order valence-corrected chi connectivity index (χ3v) is 2.80. The van der Waals surface area contributed by atoms with Gasteiger partial charge < -0.3 is 10.7 Å². The number of hydrogen-bond donors (Lipinski definition) is 2. The summed E-state index contributed by atoms with van der Waals surface area (Å²) in [6.07, 6.45) is 1.43. The monoisotopic (exact) mass is 219 g/mol. The van der Waals surface area contributed by atoms with Crippen molar-refractivity contribution >= 4 is 16.6 Å². The van der Waals surface area contributed by atoms with Gasteiger partial charge in [0, 0.05) is 0 Å². The third-order valence-electron chi connectivity index (χ3n) is 2.80. The average molecular weight is 219 g/mol. The molecule has 1 aromatic carbocycles. The second-order valence-electron chi connectivity index (χ2n) is 3.84. The highest BCUT2D eigenvalue weighted by atomic mass is 16.6. The van der Waals surface area contributed by atoms with Crippen molar-refractivity contribution < 1.29 is 4.92 Å². The van der Waals surface area contributed by atoms with Gasteiger partial charge >= 0.3 is 0 Å². The molecule has 5 heteroatoms. The Labute approximate surface area is 92.4 Å².